The van der Waals surface area contributed by atoms with Crippen molar-refractivity contribution >= 4 is 21.8 Å². The molecule has 0 saturated carbocycles. The molecular weight excluding hydrogens is 320 g/mol. The number of benzene rings is 1. The Balaban J connectivity index is 2.51. The van der Waals surface area contributed by atoms with E-state index < -0.39 is 0 Å². The van der Waals surface area contributed by atoms with Gasteiger partial charge in [-0.3, -0.25) is 4.79 Å². The van der Waals surface area contributed by atoms with Crippen molar-refractivity contribution in [2.75, 3.05) is 7.11 Å². The summed E-state index contributed by atoms with van der Waals surface area (Å²) in [6.07, 6.45) is 2.21. The van der Waals surface area contributed by atoms with Gasteiger partial charge < -0.3 is 15.8 Å². The molecular formula is C15H23BrN2O2. The maximum atomic E-state index is 11.8. The molecule has 0 radical (unpaired) electrons. The quantitative estimate of drug-likeness (QED) is 0.799. The van der Waals surface area contributed by atoms with Crippen LogP contribution in [0, 0.1) is 0 Å². The maximum Gasteiger partial charge on any atom is 0.220 e. The van der Waals surface area contributed by atoms with Crippen molar-refractivity contribution in [2.45, 2.75) is 45.2 Å². The summed E-state index contributed by atoms with van der Waals surface area (Å²) in [5, 5.41) is 2.99. The third-order valence-electron chi connectivity index (χ3n) is 3.12. The average Bonchev–Trinajstić information content (AvgIpc) is 2.38. The smallest absolute Gasteiger partial charge is 0.220 e. The molecule has 0 fully saturated rings. The molecule has 0 saturated heterocycles. The van der Waals surface area contributed by atoms with Crippen LogP contribution in [0.4, 0.5) is 0 Å². The molecule has 1 aromatic rings. The normalized spacial score (nSPS) is 13.7. The van der Waals surface area contributed by atoms with Gasteiger partial charge in [0.2, 0.25) is 5.91 Å². The first kappa shape index (κ1) is 17.0. The zero-order chi connectivity index (χ0) is 15.1. The van der Waals surface area contributed by atoms with Crippen LogP contribution in [0.3, 0.4) is 0 Å². The van der Waals surface area contributed by atoms with Gasteiger partial charge in [0.25, 0.3) is 0 Å². The summed E-state index contributed by atoms with van der Waals surface area (Å²) in [6.45, 7) is 3.92. The second-order valence-electron chi connectivity index (χ2n) is 5.05. The van der Waals surface area contributed by atoms with Crippen LogP contribution >= 0.6 is 15.9 Å². The summed E-state index contributed by atoms with van der Waals surface area (Å²) >= 11 is 3.45. The number of rotatable bonds is 7. The van der Waals surface area contributed by atoms with E-state index in [4.69, 9.17) is 10.5 Å². The largest absolute Gasteiger partial charge is 0.496 e. The lowest BCUT2D eigenvalue weighted by molar-refractivity contribution is -0.121. The Morgan fingerprint density at radius 3 is 2.70 bits per heavy atom. The van der Waals surface area contributed by atoms with Crippen molar-refractivity contribution in [3.8, 4) is 5.75 Å². The monoisotopic (exact) mass is 342 g/mol. The molecule has 2 atom stereocenters. The Kier molecular flexibility index (Phi) is 7.02. The SMILES string of the molecule is COc1ccc(C(C)NC(=O)CCCC(C)N)cc1Br. The number of nitrogens with one attached hydrogen (secondary N) is 1. The molecule has 0 bridgehead atoms. The number of halogens is 1. The zero-order valence-corrected chi connectivity index (χ0v) is 13.9. The van der Waals surface area contributed by atoms with Crippen LogP contribution in [0.1, 0.15) is 44.7 Å². The van der Waals surface area contributed by atoms with Crippen molar-refractivity contribution in [1.82, 2.24) is 5.32 Å². The van der Waals surface area contributed by atoms with Crippen molar-refractivity contribution in [3.63, 3.8) is 0 Å². The minimum atomic E-state index is -0.0278. The number of nitrogens with two attached hydrogens (primary N) is 1. The van der Waals surface area contributed by atoms with Crippen molar-refractivity contribution in [2.24, 2.45) is 5.73 Å². The molecule has 0 heterocycles. The summed E-state index contributed by atoms with van der Waals surface area (Å²) in [5.41, 5.74) is 6.71. The van der Waals surface area contributed by atoms with Gasteiger partial charge in [0, 0.05) is 12.5 Å². The Labute approximate surface area is 129 Å². The second-order valence-corrected chi connectivity index (χ2v) is 5.91. The van der Waals surface area contributed by atoms with Crippen molar-refractivity contribution in [1.29, 1.82) is 0 Å². The third kappa shape index (κ3) is 5.51. The number of ether oxygens (including phenoxy) is 1. The first-order chi connectivity index (χ1) is 9.43. The van der Waals surface area contributed by atoms with Gasteiger partial charge in [-0.15, -0.1) is 0 Å². The van der Waals surface area contributed by atoms with E-state index in [1.165, 1.54) is 0 Å². The van der Waals surface area contributed by atoms with E-state index in [9.17, 15) is 4.79 Å². The van der Waals surface area contributed by atoms with Gasteiger partial charge >= 0.3 is 0 Å². The van der Waals surface area contributed by atoms with Gasteiger partial charge in [-0.2, -0.15) is 0 Å². The van der Waals surface area contributed by atoms with E-state index in [1.54, 1.807) is 7.11 Å². The van der Waals surface area contributed by atoms with E-state index in [1.807, 2.05) is 32.0 Å². The van der Waals surface area contributed by atoms with Crippen molar-refractivity contribution < 1.29 is 9.53 Å². The first-order valence-electron chi connectivity index (χ1n) is 6.82. The molecule has 5 heteroatoms. The van der Waals surface area contributed by atoms with Crippen LogP contribution in [0.5, 0.6) is 5.75 Å². The number of amides is 1. The summed E-state index contributed by atoms with van der Waals surface area (Å²) in [5.74, 6) is 0.842. The molecule has 2 unspecified atom stereocenters. The topological polar surface area (TPSA) is 64.3 Å². The van der Waals surface area contributed by atoms with E-state index in [0.717, 1.165) is 28.6 Å². The van der Waals surface area contributed by atoms with E-state index in [2.05, 4.69) is 21.2 Å². The highest BCUT2D eigenvalue weighted by atomic mass is 79.9. The van der Waals surface area contributed by atoms with Gasteiger partial charge in [0.05, 0.1) is 17.6 Å². The Morgan fingerprint density at radius 2 is 2.15 bits per heavy atom. The minimum absolute atomic E-state index is 0.0278. The Bertz CT molecular complexity index is 449. The van der Waals surface area contributed by atoms with Crippen molar-refractivity contribution in [3.05, 3.63) is 28.2 Å². The Hall–Kier alpha value is -1.07. The summed E-state index contributed by atoms with van der Waals surface area (Å²) < 4.78 is 6.08. The molecule has 112 valence electrons. The van der Waals surface area contributed by atoms with Crippen LogP contribution in [0.2, 0.25) is 0 Å². The zero-order valence-electron chi connectivity index (χ0n) is 12.3. The van der Waals surface area contributed by atoms with E-state index in [0.29, 0.717) is 6.42 Å². The standard InChI is InChI=1S/C15H23BrN2O2/c1-10(17)5-4-6-15(19)18-11(2)12-7-8-14(20-3)13(16)9-12/h7-11H,4-6,17H2,1-3H3,(H,18,19). The second kappa shape index (κ2) is 8.27. The van der Waals surface area contributed by atoms with Gasteiger partial charge in [-0.05, 0) is 60.3 Å². The third-order valence-corrected chi connectivity index (χ3v) is 3.74. The molecule has 0 aliphatic carbocycles. The summed E-state index contributed by atoms with van der Waals surface area (Å²) in [4.78, 5) is 11.8. The fraction of sp³-hybridized carbons (Fsp3) is 0.533. The van der Waals surface area contributed by atoms with Crippen LogP contribution < -0.4 is 15.8 Å². The lowest BCUT2D eigenvalue weighted by Crippen LogP contribution is -2.26. The Morgan fingerprint density at radius 1 is 1.45 bits per heavy atom. The lowest BCUT2D eigenvalue weighted by Gasteiger charge is -2.16. The molecule has 20 heavy (non-hydrogen) atoms. The minimum Gasteiger partial charge on any atom is -0.496 e. The number of methoxy groups -OCH3 is 1. The molecule has 1 amide bonds. The van der Waals surface area contributed by atoms with Gasteiger partial charge in [0.1, 0.15) is 5.75 Å². The number of hydrogen-bond donors (Lipinski definition) is 2. The highest BCUT2D eigenvalue weighted by Gasteiger charge is 2.11. The van der Waals surface area contributed by atoms with E-state index >= 15 is 0 Å². The molecule has 3 N–H and O–H groups in total. The molecule has 1 rings (SSSR count). The van der Waals surface area contributed by atoms with Crippen LogP contribution in [0.25, 0.3) is 0 Å². The fourth-order valence-corrected chi connectivity index (χ4v) is 2.49. The summed E-state index contributed by atoms with van der Waals surface area (Å²) in [6, 6.07) is 5.93. The van der Waals surface area contributed by atoms with Gasteiger partial charge in [-0.1, -0.05) is 6.07 Å². The number of carbonyl (C=O) groups excluding carboxylic acids is 1. The molecule has 0 aliphatic rings. The van der Waals surface area contributed by atoms with Gasteiger partial charge in [-0.25, -0.2) is 0 Å². The number of hydrogen-bond acceptors (Lipinski definition) is 3. The van der Waals surface area contributed by atoms with Crippen LogP contribution in [0.15, 0.2) is 22.7 Å². The predicted molar refractivity (Wildman–Crippen MR) is 84.8 cm³/mol. The molecule has 1 aromatic carbocycles. The maximum absolute atomic E-state index is 11.8. The first-order valence-corrected chi connectivity index (χ1v) is 7.61. The van der Waals surface area contributed by atoms with Crippen LogP contribution in [-0.2, 0) is 4.79 Å². The van der Waals surface area contributed by atoms with Gasteiger partial charge in [0.15, 0.2) is 0 Å². The molecule has 0 aliphatic heterocycles. The molecule has 0 spiro atoms. The average molecular weight is 343 g/mol. The predicted octanol–water partition coefficient (Wildman–Crippen LogP) is 3.15. The molecule has 4 nitrogen and oxygen atoms in total. The van der Waals surface area contributed by atoms with Crippen LogP contribution in [-0.4, -0.2) is 19.1 Å². The van der Waals surface area contributed by atoms with E-state index in [-0.39, 0.29) is 18.0 Å². The lowest BCUT2D eigenvalue weighted by atomic mass is 10.1. The molecule has 0 aromatic heterocycles. The fourth-order valence-electron chi connectivity index (χ4n) is 1.93. The summed E-state index contributed by atoms with van der Waals surface area (Å²) in [7, 11) is 1.63. The highest BCUT2D eigenvalue weighted by molar-refractivity contribution is 9.10. The highest BCUT2D eigenvalue weighted by Crippen LogP contribution is 2.27. The number of carbonyl (C=O) groups is 1.